The predicted molar refractivity (Wildman–Crippen MR) is 98.5 cm³/mol. The Morgan fingerprint density at radius 1 is 1.04 bits per heavy atom. The van der Waals surface area contributed by atoms with Crippen LogP contribution in [0.15, 0.2) is 36.4 Å². The molecule has 2 bridgehead atoms. The minimum Gasteiger partial charge on any atom is -0.464 e. The van der Waals surface area contributed by atoms with Crippen molar-refractivity contribution in [1.82, 2.24) is 25.5 Å². The van der Waals surface area contributed by atoms with Crippen LogP contribution < -0.4 is 10.6 Å². The zero-order valence-corrected chi connectivity index (χ0v) is 15.1. The van der Waals surface area contributed by atoms with Gasteiger partial charge in [-0.25, -0.2) is 9.78 Å². The normalized spacial score (nSPS) is 16.3. The lowest BCUT2D eigenvalue weighted by Gasteiger charge is -2.23. The molecule has 2 N–H and O–H groups in total. The first-order chi connectivity index (χ1) is 12.7. The molecule has 0 saturated carbocycles. The molecule has 3 heterocycles. The number of hydrogen-bond acceptors (Lipinski definition) is 7. The highest BCUT2D eigenvalue weighted by Crippen LogP contribution is 2.06. The standard InChI is InChI=1S/C19H25N5O2/c1-26-19(25)18-7-3-6-17(23-18)14-24-10-8-20-12-15-4-2-5-16(22-15)13-21-9-11-24/h2-7,20-21H,8-14H2,1H3. The van der Waals surface area contributed by atoms with Gasteiger partial charge in [0.05, 0.1) is 24.2 Å². The Kier molecular flexibility index (Phi) is 6.65. The van der Waals surface area contributed by atoms with Gasteiger partial charge in [0.15, 0.2) is 0 Å². The van der Waals surface area contributed by atoms with E-state index in [1.165, 1.54) is 7.11 Å². The van der Waals surface area contributed by atoms with E-state index < -0.39 is 5.97 Å². The summed E-state index contributed by atoms with van der Waals surface area (Å²) in [4.78, 5) is 23.0. The van der Waals surface area contributed by atoms with Crippen LogP contribution in [0, 0.1) is 0 Å². The summed E-state index contributed by atoms with van der Waals surface area (Å²) in [6, 6.07) is 11.6. The van der Waals surface area contributed by atoms with Crippen LogP contribution in [-0.4, -0.2) is 54.1 Å². The molecule has 0 atom stereocenters. The maximum atomic E-state index is 11.7. The fourth-order valence-corrected chi connectivity index (χ4v) is 2.92. The summed E-state index contributed by atoms with van der Waals surface area (Å²) in [5, 5.41) is 6.89. The van der Waals surface area contributed by atoms with Crippen LogP contribution in [0.2, 0.25) is 0 Å². The van der Waals surface area contributed by atoms with Crippen LogP contribution >= 0.6 is 0 Å². The monoisotopic (exact) mass is 355 g/mol. The van der Waals surface area contributed by atoms with E-state index in [-0.39, 0.29) is 0 Å². The zero-order chi connectivity index (χ0) is 18.2. The summed E-state index contributed by atoms with van der Waals surface area (Å²) < 4.78 is 4.75. The summed E-state index contributed by atoms with van der Waals surface area (Å²) in [5.74, 6) is -0.405. The topological polar surface area (TPSA) is 79.4 Å². The maximum Gasteiger partial charge on any atom is 0.356 e. The van der Waals surface area contributed by atoms with E-state index in [1.54, 1.807) is 6.07 Å². The van der Waals surface area contributed by atoms with Gasteiger partial charge in [-0.05, 0) is 24.3 Å². The molecule has 1 aliphatic rings. The second-order valence-corrected chi connectivity index (χ2v) is 6.26. The number of rotatable bonds is 3. The van der Waals surface area contributed by atoms with Crippen molar-refractivity contribution in [3.05, 3.63) is 59.2 Å². The lowest BCUT2D eigenvalue weighted by molar-refractivity contribution is 0.0593. The molecule has 0 saturated heterocycles. The van der Waals surface area contributed by atoms with Crippen LogP contribution in [-0.2, 0) is 24.4 Å². The fraction of sp³-hybridized carbons (Fsp3) is 0.421. The number of methoxy groups -OCH3 is 1. The number of nitrogens with one attached hydrogen (secondary N) is 2. The van der Waals surface area contributed by atoms with Gasteiger partial charge in [-0.1, -0.05) is 12.1 Å². The SMILES string of the molecule is COC(=O)c1cccc(CN2CCNCc3cccc(n3)CNCC2)n1. The Morgan fingerprint density at radius 3 is 2.35 bits per heavy atom. The van der Waals surface area contributed by atoms with Crippen molar-refractivity contribution < 1.29 is 9.53 Å². The third-order valence-corrected chi connectivity index (χ3v) is 4.27. The van der Waals surface area contributed by atoms with Crippen molar-refractivity contribution in [3.63, 3.8) is 0 Å². The molecule has 0 radical (unpaired) electrons. The molecule has 7 nitrogen and oxygen atoms in total. The molecular formula is C19H25N5O2. The lowest BCUT2D eigenvalue weighted by Crippen LogP contribution is -2.37. The van der Waals surface area contributed by atoms with Crippen LogP contribution in [0.4, 0.5) is 0 Å². The number of fused-ring (bicyclic) bond motifs is 2. The molecule has 0 aromatic carbocycles. The first-order valence-corrected chi connectivity index (χ1v) is 8.87. The van der Waals surface area contributed by atoms with E-state index in [2.05, 4.69) is 31.6 Å². The number of esters is 1. The van der Waals surface area contributed by atoms with E-state index in [0.29, 0.717) is 12.2 Å². The Balaban J connectivity index is 1.62. The van der Waals surface area contributed by atoms with Crippen molar-refractivity contribution in [2.45, 2.75) is 19.6 Å². The van der Waals surface area contributed by atoms with Crippen LogP contribution in [0.3, 0.4) is 0 Å². The number of nitrogens with zero attached hydrogens (tertiary/aromatic N) is 3. The number of ether oxygens (including phenoxy) is 1. The average molecular weight is 355 g/mol. The number of hydrogen-bond donors (Lipinski definition) is 2. The molecule has 7 heteroatoms. The summed E-state index contributed by atoms with van der Waals surface area (Å²) in [6.45, 7) is 5.73. The molecular weight excluding hydrogens is 330 g/mol. The second-order valence-electron chi connectivity index (χ2n) is 6.26. The molecule has 26 heavy (non-hydrogen) atoms. The minimum absolute atomic E-state index is 0.347. The van der Waals surface area contributed by atoms with Gasteiger partial charge in [0.1, 0.15) is 5.69 Å². The Labute approximate surface area is 153 Å². The van der Waals surface area contributed by atoms with E-state index >= 15 is 0 Å². The summed E-state index contributed by atoms with van der Waals surface area (Å²) in [7, 11) is 1.37. The fourth-order valence-electron chi connectivity index (χ4n) is 2.92. The number of carbonyl (C=O) groups excluding carboxylic acids is 1. The van der Waals surface area contributed by atoms with Gasteiger partial charge in [-0.2, -0.15) is 0 Å². The lowest BCUT2D eigenvalue weighted by atomic mass is 10.2. The molecule has 0 fully saturated rings. The Hall–Kier alpha value is -2.35. The highest BCUT2D eigenvalue weighted by molar-refractivity contribution is 5.87. The van der Waals surface area contributed by atoms with Gasteiger partial charge < -0.3 is 15.4 Å². The van der Waals surface area contributed by atoms with E-state index in [9.17, 15) is 4.79 Å². The van der Waals surface area contributed by atoms with Gasteiger partial charge in [-0.15, -0.1) is 0 Å². The first-order valence-electron chi connectivity index (χ1n) is 8.87. The van der Waals surface area contributed by atoms with E-state index in [0.717, 1.165) is 56.4 Å². The molecule has 0 amide bonds. The van der Waals surface area contributed by atoms with Crippen molar-refractivity contribution >= 4 is 5.97 Å². The Morgan fingerprint density at radius 2 is 1.69 bits per heavy atom. The molecule has 2 aromatic heterocycles. The molecule has 2 aromatic rings. The molecule has 3 rings (SSSR count). The van der Waals surface area contributed by atoms with Crippen LogP contribution in [0.1, 0.15) is 27.6 Å². The van der Waals surface area contributed by atoms with Crippen LogP contribution in [0.5, 0.6) is 0 Å². The summed E-state index contributed by atoms with van der Waals surface area (Å²) in [6.07, 6.45) is 0. The van der Waals surface area contributed by atoms with E-state index in [4.69, 9.17) is 4.74 Å². The highest BCUT2D eigenvalue weighted by Gasteiger charge is 2.11. The van der Waals surface area contributed by atoms with Gasteiger partial charge in [0.25, 0.3) is 0 Å². The largest absolute Gasteiger partial charge is 0.464 e. The van der Waals surface area contributed by atoms with Gasteiger partial charge >= 0.3 is 5.97 Å². The summed E-state index contributed by atoms with van der Waals surface area (Å²) >= 11 is 0. The Bertz CT molecular complexity index is 710. The quantitative estimate of drug-likeness (QED) is 0.794. The number of carbonyl (C=O) groups is 1. The minimum atomic E-state index is -0.405. The number of aromatic nitrogens is 2. The second kappa shape index (κ2) is 9.38. The van der Waals surface area contributed by atoms with Crippen molar-refractivity contribution in [3.8, 4) is 0 Å². The average Bonchev–Trinajstić information content (AvgIpc) is 2.67. The third kappa shape index (κ3) is 5.32. The maximum absolute atomic E-state index is 11.7. The third-order valence-electron chi connectivity index (χ3n) is 4.27. The van der Waals surface area contributed by atoms with Gasteiger partial charge in [0, 0.05) is 45.8 Å². The zero-order valence-electron chi connectivity index (χ0n) is 15.1. The highest BCUT2D eigenvalue weighted by atomic mass is 16.5. The summed E-state index contributed by atoms with van der Waals surface area (Å²) in [5.41, 5.74) is 3.33. The van der Waals surface area contributed by atoms with Gasteiger partial charge in [-0.3, -0.25) is 9.88 Å². The van der Waals surface area contributed by atoms with Crippen LogP contribution in [0.25, 0.3) is 0 Å². The van der Waals surface area contributed by atoms with E-state index in [1.807, 2.05) is 24.3 Å². The molecule has 0 spiro atoms. The van der Waals surface area contributed by atoms with Gasteiger partial charge in [0.2, 0.25) is 0 Å². The predicted octanol–water partition coefficient (Wildman–Crippen LogP) is 0.958. The van der Waals surface area contributed by atoms with Crippen molar-refractivity contribution in [1.29, 1.82) is 0 Å². The molecule has 0 aliphatic carbocycles. The molecule has 0 unspecified atom stereocenters. The van der Waals surface area contributed by atoms with Crippen molar-refractivity contribution in [2.75, 3.05) is 33.3 Å². The van der Waals surface area contributed by atoms with Crippen molar-refractivity contribution in [2.24, 2.45) is 0 Å². The first kappa shape index (κ1) is 18.4. The molecule has 138 valence electrons. The smallest absolute Gasteiger partial charge is 0.356 e. The molecule has 1 aliphatic heterocycles. The number of pyridine rings is 2.